The quantitative estimate of drug-likeness (QED) is 0.0370. The number of benzene rings is 4. The zero-order valence-corrected chi connectivity index (χ0v) is 41.5. The molecule has 2 atom stereocenters. The molecular weight excluding hydrogens is 773 g/mol. The van der Waals surface area contributed by atoms with E-state index in [2.05, 4.69) is 118 Å². The van der Waals surface area contributed by atoms with Gasteiger partial charge in [-0.3, -0.25) is 0 Å². The second kappa shape index (κ2) is 29.9. The predicted molar refractivity (Wildman–Crippen MR) is 283 cm³/mol. The Morgan fingerprint density at radius 1 is 0.375 bits per heavy atom. The number of nitrogen functional groups attached to an aromatic ring is 2. The molecule has 2 unspecified atom stereocenters. The summed E-state index contributed by atoms with van der Waals surface area (Å²) in [5, 5.41) is 0. The molecule has 0 saturated heterocycles. The van der Waals surface area contributed by atoms with Crippen molar-refractivity contribution in [3.63, 3.8) is 0 Å². The van der Waals surface area contributed by atoms with Gasteiger partial charge >= 0.3 is 0 Å². The van der Waals surface area contributed by atoms with Gasteiger partial charge in [0.1, 0.15) is 0 Å². The van der Waals surface area contributed by atoms with Crippen LogP contribution in [0, 0.1) is 5.92 Å². The Morgan fingerprint density at radius 2 is 0.656 bits per heavy atom. The van der Waals surface area contributed by atoms with Gasteiger partial charge < -0.3 is 11.5 Å². The van der Waals surface area contributed by atoms with E-state index in [-0.39, 0.29) is 5.41 Å². The molecule has 4 aromatic rings. The minimum absolute atomic E-state index is 0.0514. The maximum absolute atomic E-state index is 6.20. The lowest BCUT2D eigenvalue weighted by atomic mass is 9.62. The van der Waals surface area contributed by atoms with Crippen molar-refractivity contribution in [3.8, 4) is 0 Å². The van der Waals surface area contributed by atoms with Gasteiger partial charge in [-0.25, -0.2) is 0 Å². The van der Waals surface area contributed by atoms with E-state index >= 15 is 0 Å². The lowest BCUT2D eigenvalue weighted by Crippen LogP contribution is -2.33. The largest absolute Gasteiger partial charge is 0.399 e. The highest BCUT2D eigenvalue weighted by Crippen LogP contribution is 2.48. The van der Waals surface area contributed by atoms with Crippen molar-refractivity contribution >= 4 is 11.4 Å². The van der Waals surface area contributed by atoms with Crippen molar-refractivity contribution in [2.45, 2.75) is 237 Å². The highest BCUT2D eigenvalue weighted by atomic mass is 14.5. The summed E-state index contributed by atoms with van der Waals surface area (Å²) >= 11 is 0. The molecule has 4 N–H and O–H groups in total. The second-order valence-electron chi connectivity index (χ2n) is 20.5. The Morgan fingerprint density at radius 3 is 0.984 bits per heavy atom. The first-order valence-corrected chi connectivity index (χ1v) is 27.4. The van der Waals surface area contributed by atoms with E-state index in [4.69, 9.17) is 11.5 Å². The maximum atomic E-state index is 6.20. The third-order valence-electron chi connectivity index (χ3n) is 15.5. The maximum Gasteiger partial charge on any atom is 0.0314 e. The molecule has 0 bridgehead atoms. The molecule has 0 aromatic heterocycles. The van der Waals surface area contributed by atoms with Gasteiger partial charge in [-0.1, -0.05) is 254 Å². The van der Waals surface area contributed by atoms with E-state index in [1.54, 1.807) is 0 Å². The minimum atomic E-state index is 0.0514. The van der Waals surface area contributed by atoms with Crippen molar-refractivity contribution in [1.29, 1.82) is 0 Å². The first kappa shape index (κ1) is 51.5. The normalized spacial score (nSPS) is 17.4. The molecule has 1 saturated carbocycles. The summed E-state index contributed by atoms with van der Waals surface area (Å²) in [6.07, 6.45) is 41.9. The monoisotopic (exact) mass is 867 g/mol. The highest BCUT2D eigenvalue weighted by Gasteiger charge is 2.38. The molecule has 1 fully saturated rings. The summed E-state index contributed by atoms with van der Waals surface area (Å²) in [5.41, 5.74) is 22.9. The van der Waals surface area contributed by atoms with Crippen molar-refractivity contribution in [1.82, 2.24) is 0 Å². The van der Waals surface area contributed by atoms with Crippen molar-refractivity contribution < 1.29 is 0 Å². The van der Waals surface area contributed by atoms with Crippen molar-refractivity contribution in [2.75, 3.05) is 11.5 Å². The van der Waals surface area contributed by atoms with E-state index in [1.165, 1.54) is 232 Å². The summed E-state index contributed by atoms with van der Waals surface area (Å²) in [4.78, 5) is 0. The Labute approximate surface area is 394 Å². The summed E-state index contributed by atoms with van der Waals surface area (Å²) in [6.45, 7) is 6.93. The SMILES string of the molecule is CCCCCCCCCCC1CCC(c2ccc(C(CCCCCCCCCC)c3ccc(N)cc3)cc2)(c2ccc(C(CCCCCCCCCC)c3ccc(N)cc3)cc2)CC1. The lowest BCUT2D eigenvalue weighted by Gasteiger charge is -2.42. The Bertz CT molecular complexity index is 1630. The molecule has 0 amide bonds. The van der Waals surface area contributed by atoms with Crippen LogP contribution < -0.4 is 11.5 Å². The molecule has 352 valence electrons. The van der Waals surface area contributed by atoms with Gasteiger partial charge in [-0.05, 0) is 102 Å². The summed E-state index contributed by atoms with van der Waals surface area (Å²) in [7, 11) is 0. The van der Waals surface area contributed by atoms with Crippen LogP contribution in [0.15, 0.2) is 97.1 Å². The van der Waals surface area contributed by atoms with Crippen LogP contribution in [0.4, 0.5) is 11.4 Å². The van der Waals surface area contributed by atoms with E-state index < -0.39 is 0 Å². The zero-order chi connectivity index (χ0) is 45.1. The number of hydrogen-bond donors (Lipinski definition) is 2. The van der Waals surface area contributed by atoms with Crippen LogP contribution in [0.25, 0.3) is 0 Å². The van der Waals surface area contributed by atoms with Gasteiger partial charge in [0.2, 0.25) is 0 Å². The van der Waals surface area contributed by atoms with Gasteiger partial charge in [0.15, 0.2) is 0 Å². The van der Waals surface area contributed by atoms with E-state index in [9.17, 15) is 0 Å². The smallest absolute Gasteiger partial charge is 0.0314 e. The Kier molecular flexibility index (Phi) is 24.0. The molecule has 0 heterocycles. The predicted octanol–water partition coefficient (Wildman–Crippen LogP) is 19.2. The summed E-state index contributed by atoms with van der Waals surface area (Å²) < 4.78 is 0. The summed E-state index contributed by atoms with van der Waals surface area (Å²) in [6, 6.07) is 37.7. The molecule has 2 heteroatoms. The molecule has 2 nitrogen and oxygen atoms in total. The number of unbranched alkanes of at least 4 members (excludes halogenated alkanes) is 21. The van der Waals surface area contributed by atoms with Crippen LogP contribution in [-0.4, -0.2) is 0 Å². The van der Waals surface area contributed by atoms with Crippen LogP contribution in [-0.2, 0) is 5.41 Å². The Hall–Kier alpha value is -3.52. The van der Waals surface area contributed by atoms with Gasteiger partial charge in [0.05, 0.1) is 0 Å². The number of nitrogens with two attached hydrogens (primary N) is 2. The number of anilines is 2. The highest BCUT2D eigenvalue weighted by molar-refractivity contribution is 5.47. The Balaban J connectivity index is 1.34. The van der Waals surface area contributed by atoms with Crippen LogP contribution in [0.3, 0.4) is 0 Å². The molecule has 5 rings (SSSR count). The van der Waals surface area contributed by atoms with E-state index in [0.717, 1.165) is 17.3 Å². The van der Waals surface area contributed by atoms with Crippen LogP contribution in [0.1, 0.15) is 265 Å². The minimum Gasteiger partial charge on any atom is -0.399 e. The van der Waals surface area contributed by atoms with E-state index in [0.29, 0.717) is 11.8 Å². The number of hydrogen-bond acceptors (Lipinski definition) is 2. The average molecular weight is 867 g/mol. The topological polar surface area (TPSA) is 52.0 Å². The average Bonchev–Trinajstić information content (AvgIpc) is 3.33. The molecule has 0 radical (unpaired) electrons. The number of rotatable bonds is 33. The van der Waals surface area contributed by atoms with Crippen LogP contribution in [0.5, 0.6) is 0 Å². The van der Waals surface area contributed by atoms with Crippen molar-refractivity contribution in [3.05, 3.63) is 130 Å². The molecule has 0 aliphatic heterocycles. The van der Waals surface area contributed by atoms with Crippen LogP contribution in [0.2, 0.25) is 0 Å². The first-order chi connectivity index (χ1) is 31.5. The van der Waals surface area contributed by atoms with Gasteiger partial charge in [-0.15, -0.1) is 0 Å². The van der Waals surface area contributed by atoms with Gasteiger partial charge in [0, 0.05) is 28.6 Å². The fourth-order valence-electron chi connectivity index (χ4n) is 11.3. The molecule has 4 aromatic carbocycles. The van der Waals surface area contributed by atoms with Gasteiger partial charge in [-0.2, -0.15) is 0 Å². The molecule has 64 heavy (non-hydrogen) atoms. The standard InChI is InChI=1S/C62H94N2/c1-4-7-10-13-16-19-22-25-28-51-47-49-62(50-48-51,56-39-31-52(32-40-56)60(54-35-43-58(63)44-36-54)29-26-23-20-17-14-11-8-5-2)57-41-33-53(34-42-57)61(55-37-45-59(64)46-38-55)30-27-24-21-18-15-12-9-6-3/h31-46,51,60-61H,4-30,47-50,63-64H2,1-3H3. The van der Waals surface area contributed by atoms with E-state index in [1.807, 2.05) is 0 Å². The van der Waals surface area contributed by atoms with Crippen molar-refractivity contribution in [2.24, 2.45) is 5.92 Å². The van der Waals surface area contributed by atoms with Gasteiger partial charge in [0.25, 0.3) is 0 Å². The fourth-order valence-corrected chi connectivity index (χ4v) is 11.3. The lowest BCUT2D eigenvalue weighted by molar-refractivity contribution is 0.250. The molecule has 1 aliphatic carbocycles. The van der Waals surface area contributed by atoms with Crippen LogP contribution >= 0.6 is 0 Å². The zero-order valence-electron chi connectivity index (χ0n) is 41.5. The second-order valence-corrected chi connectivity index (χ2v) is 20.5. The molecule has 0 spiro atoms. The third-order valence-corrected chi connectivity index (χ3v) is 15.5. The molecular formula is C62H94N2. The summed E-state index contributed by atoms with van der Waals surface area (Å²) in [5.74, 6) is 1.66. The third kappa shape index (κ3) is 17.0. The first-order valence-electron chi connectivity index (χ1n) is 27.4. The fraction of sp³-hybridized carbons (Fsp3) is 0.613. The molecule has 1 aliphatic rings.